The monoisotopic (exact) mass is 394 g/mol. The van der Waals surface area contributed by atoms with Crippen LogP contribution in [-0.2, 0) is 5.41 Å². The van der Waals surface area contributed by atoms with E-state index in [9.17, 15) is 4.79 Å². The minimum Gasteiger partial charge on any atom is -0.348 e. The molecular weight excluding hydrogens is 368 g/mol. The van der Waals surface area contributed by atoms with Crippen molar-refractivity contribution >= 4 is 5.91 Å². The maximum absolute atomic E-state index is 12.4. The molecule has 0 atom stereocenters. The van der Waals surface area contributed by atoms with Gasteiger partial charge in [0.1, 0.15) is 17.8 Å². The van der Waals surface area contributed by atoms with Crippen molar-refractivity contribution in [3.05, 3.63) is 42.4 Å². The molecule has 1 N–H and O–H groups in total. The Balaban J connectivity index is 1.45. The number of nitrogens with zero attached hydrogens (tertiary/aromatic N) is 5. The van der Waals surface area contributed by atoms with Crippen molar-refractivity contribution < 1.29 is 9.32 Å². The highest BCUT2D eigenvalue weighted by Gasteiger charge is 2.22. The predicted molar refractivity (Wildman–Crippen MR) is 108 cm³/mol. The summed E-state index contributed by atoms with van der Waals surface area (Å²) in [6, 6.07) is 3.96. The molecule has 3 heterocycles. The molecule has 0 radical (unpaired) electrons. The molecule has 1 amide bonds. The number of carbonyl (C=O) groups is 1. The number of imidazole rings is 1. The predicted octanol–water partition coefficient (Wildman–Crippen LogP) is 3.68. The fourth-order valence-corrected chi connectivity index (χ4v) is 3.38. The molecule has 0 saturated heterocycles. The molecule has 152 valence electrons. The zero-order valence-electron chi connectivity index (χ0n) is 17.1. The van der Waals surface area contributed by atoms with Crippen LogP contribution < -0.4 is 5.32 Å². The first-order chi connectivity index (χ1) is 13.9. The Kier molecular flexibility index (Phi) is 5.17. The van der Waals surface area contributed by atoms with Gasteiger partial charge in [-0.3, -0.25) is 9.36 Å². The largest absolute Gasteiger partial charge is 0.348 e. The Morgan fingerprint density at radius 1 is 1.17 bits per heavy atom. The third kappa shape index (κ3) is 4.36. The molecule has 1 fully saturated rings. The molecule has 0 bridgehead atoms. The first-order valence-electron chi connectivity index (χ1n) is 10.1. The van der Waals surface area contributed by atoms with E-state index in [1.165, 1.54) is 19.3 Å². The quantitative estimate of drug-likeness (QED) is 0.725. The SMILES string of the molecule is CC(C)(C)c1noc(-c2ccc(-n3cnc(C(=O)NC4CCCCC4)c3)nc2)n1. The molecule has 1 saturated carbocycles. The first kappa shape index (κ1) is 19.3. The second-order valence-electron chi connectivity index (χ2n) is 8.55. The van der Waals surface area contributed by atoms with Crippen molar-refractivity contribution in [1.82, 2.24) is 30.0 Å². The molecule has 0 aromatic carbocycles. The molecule has 8 nitrogen and oxygen atoms in total. The lowest BCUT2D eigenvalue weighted by atomic mass is 9.95. The summed E-state index contributed by atoms with van der Waals surface area (Å²) < 4.78 is 7.09. The van der Waals surface area contributed by atoms with Gasteiger partial charge in [-0.2, -0.15) is 4.98 Å². The van der Waals surface area contributed by atoms with E-state index in [1.807, 2.05) is 32.9 Å². The minimum absolute atomic E-state index is 0.132. The molecule has 0 aliphatic heterocycles. The third-order valence-electron chi connectivity index (χ3n) is 5.11. The second-order valence-corrected chi connectivity index (χ2v) is 8.55. The number of rotatable bonds is 4. The Labute approximate surface area is 169 Å². The van der Waals surface area contributed by atoms with Crippen molar-refractivity contribution in [3.8, 4) is 17.3 Å². The zero-order chi connectivity index (χ0) is 20.4. The fraction of sp³-hybridized carbons (Fsp3) is 0.476. The van der Waals surface area contributed by atoms with Crippen LogP contribution in [0.1, 0.15) is 69.2 Å². The van der Waals surface area contributed by atoms with Crippen molar-refractivity contribution in [1.29, 1.82) is 0 Å². The van der Waals surface area contributed by atoms with Gasteiger partial charge in [-0.25, -0.2) is 9.97 Å². The molecule has 29 heavy (non-hydrogen) atoms. The summed E-state index contributed by atoms with van der Waals surface area (Å²) in [5, 5.41) is 7.12. The maximum Gasteiger partial charge on any atom is 0.271 e. The number of aromatic nitrogens is 5. The highest BCUT2D eigenvalue weighted by atomic mass is 16.5. The summed E-state index contributed by atoms with van der Waals surface area (Å²) in [5.74, 6) is 1.62. The van der Waals surface area contributed by atoms with Crippen LogP contribution in [0.4, 0.5) is 0 Å². The lowest BCUT2D eigenvalue weighted by Gasteiger charge is -2.22. The Bertz CT molecular complexity index is 977. The average molecular weight is 394 g/mol. The van der Waals surface area contributed by atoms with Gasteiger partial charge in [0.05, 0.1) is 5.56 Å². The van der Waals surface area contributed by atoms with Gasteiger partial charge in [0.15, 0.2) is 5.82 Å². The lowest BCUT2D eigenvalue weighted by Crippen LogP contribution is -2.36. The Morgan fingerprint density at radius 3 is 2.62 bits per heavy atom. The van der Waals surface area contributed by atoms with Crippen LogP contribution in [0.2, 0.25) is 0 Å². The molecule has 3 aromatic rings. The molecule has 1 aliphatic carbocycles. The van der Waals surface area contributed by atoms with Crippen LogP contribution in [0.3, 0.4) is 0 Å². The van der Waals surface area contributed by atoms with Gasteiger partial charge >= 0.3 is 0 Å². The van der Waals surface area contributed by atoms with Gasteiger partial charge in [0, 0.05) is 23.9 Å². The lowest BCUT2D eigenvalue weighted by molar-refractivity contribution is 0.0923. The first-order valence-corrected chi connectivity index (χ1v) is 10.1. The van der Waals surface area contributed by atoms with Gasteiger partial charge in [0.25, 0.3) is 11.8 Å². The van der Waals surface area contributed by atoms with E-state index in [2.05, 4.69) is 25.4 Å². The van der Waals surface area contributed by atoms with E-state index in [-0.39, 0.29) is 17.4 Å². The molecule has 0 unspecified atom stereocenters. The number of pyridine rings is 1. The fourth-order valence-electron chi connectivity index (χ4n) is 3.38. The summed E-state index contributed by atoms with van der Waals surface area (Å²) in [6.07, 6.45) is 10.7. The summed E-state index contributed by atoms with van der Waals surface area (Å²) in [5.41, 5.74) is 0.959. The number of carbonyl (C=O) groups excluding carboxylic acids is 1. The van der Waals surface area contributed by atoms with Gasteiger partial charge in [-0.1, -0.05) is 45.2 Å². The van der Waals surface area contributed by atoms with Gasteiger partial charge in [0.2, 0.25) is 0 Å². The van der Waals surface area contributed by atoms with E-state index in [0.29, 0.717) is 23.2 Å². The highest BCUT2D eigenvalue weighted by molar-refractivity contribution is 5.92. The minimum atomic E-state index is -0.180. The van der Waals surface area contributed by atoms with E-state index < -0.39 is 0 Å². The van der Waals surface area contributed by atoms with E-state index >= 15 is 0 Å². The van der Waals surface area contributed by atoms with Crippen LogP contribution in [0, 0.1) is 0 Å². The van der Waals surface area contributed by atoms with E-state index in [0.717, 1.165) is 18.4 Å². The number of amides is 1. The van der Waals surface area contributed by atoms with Gasteiger partial charge in [-0.05, 0) is 25.0 Å². The number of hydrogen-bond donors (Lipinski definition) is 1. The maximum atomic E-state index is 12.4. The van der Waals surface area contributed by atoms with Crippen molar-refractivity contribution in [3.63, 3.8) is 0 Å². The second kappa shape index (κ2) is 7.77. The summed E-state index contributed by atoms with van der Waals surface area (Å²) in [6.45, 7) is 6.10. The molecule has 0 spiro atoms. The van der Waals surface area contributed by atoms with Gasteiger partial charge < -0.3 is 9.84 Å². The van der Waals surface area contributed by atoms with Crippen LogP contribution in [0.5, 0.6) is 0 Å². The number of hydrogen-bond acceptors (Lipinski definition) is 6. The average Bonchev–Trinajstić information content (AvgIpc) is 3.39. The molecule has 4 rings (SSSR count). The van der Waals surface area contributed by atoms with Crippen molar-refractivity contribution in [2.45, 2.75) is 64.3 Å². The van der Waals surface area contributed by atoms with Crippen molar-refractivity contribution in [2.24, 2.45) is 0 Å². The van der Waals surface area contributed by atoms with Crippen LogP contribution in [0.15, 0.2) is 35.4 Å². The Hall–Kier alpha value is -3.03. The van der Waals surface area contributed by atoms with Crippen LogP contribution in [0.25, 0.3) is 17.3 Å². The van der Waals surface area contributed by atoms with Crippen molar-refractivity contribution in [2.75, 3.05) is 0 Å². The highest BCUT2D eigenvalue weighted by Crippen LogP contribution is 2.23. The van der Waals surface area contributed by atoms with Gasteiger partial charge in [-0.15, -0.1) is 0 Å². The normalized spacial score (nSPS) is 15.4. The molecule has 1 aliphatic rings. The van der Waals surface area contributed by atoms with E-state index in [1.54, 1.807) is 23.3 Å². The third-order valence-corrected chi connectivity index (χ3v) is 5.11. The van der Waals surface area contributed by atoms with Crippen LogP contribution >= 0.6 is 0 Å². The molecular formula is C21H26N6O2. The standard InChI is InChI=1S/C21H26N6O2/c1-21(2,3)20-25-19(29-26-20)14-9-10-17(22-11-14)27-12-16(23-13-27)18(28)24-15-7-5-4-6-8-15/h9-13,15H,4-8H2,1-3H3,(H,24,28). The smallest absolute Gasteiger partial charge is 0.271 e. The Morgan fingerprint density at radius 2 is 1.97 bits per heavy atom. The van der Waals surface area contributed by atoms with E-state index in [4.69, 9.17) is 4.52 Å². The summed E-state index contributed by atoms with van der Waals surface area (Å²) in [4.78, 5) is 25.6. The molecule has 3 aromatic heterocycles. The summed E-state index contributed by atoms with van der Waals surface area (Å²) >= 11 is 0. The summed E-state index contributed by atoms with van der Waals surface area (Å²) in [7, 11) is 0. The number of nitrogens with one attached hydrogen (secondary N) is 1. The molecule has 8 heteroatoms. The zero-order valence-corrected chi connectivity index (χ0v) is 17.1. The topological polar surface area (TPSA) is 98.7 Å². The van der Waals surface area contributed by atoms with Crippen LogP contribution in [-0.4, -0.2) is 36.6 Å².